The van der Waals surface area contributed by atoms with E-state index >= 15 is 0 Å². The molecule has 4 heteroatoms. The van der Waals surface area contributed by atoms with Gasteiger partial charge in [-0.05, 0) is 25.8 Å². The van der Waals surface area contributed by atoms with Gasteiger partial charge in [0.05, 0.1) is 4.92 Å². The van der Waals surface area contributed by atoms with E-state index in [4.69, 9.17) is 5.73 Å². The van der Waals surface area contributed by atoms with Crippen molar-refractivity contribution in [3.63, 3.8) is 0 Å². The van der Waals surface area contributed by atoms with Crippen molar-refractivity contribution in [2.75, 3.05) is 0 Å². The zero-order valence-electron chi connectivity index (χ0n) is 7.99. The van der Waals surface area contributed by atoms with Crippen LogP contribution in [-0.4, -0.2) is 4.92 Å². The van der Waals surface area contributed by atoms with Crippen LogP contribution < -0.4 is 5.73 Å². The fourth-order valence-corrected chi connectivity index (χ4v) is 1.61. The van der Waals surface area contributed by atoms with E-state index in [2.05, 4.69) is 0 Å². The third-order valence-corrected chi connectivity index (χ3v) is 2.67. The highest BCUT2D eigenvalue weighted by Crippen LogP contribution is 2.46. The van der Waals surface area contributed by atoms with Crippen LogP contribution in [0.25, 0.3) is 0 Å². The zero-order chi connectivity index (χ0) is 10.3. The third kappa shape index (κ3) is 1.37. The van der Waals surface area contributed by atoms with Gasteiger partial charge in [-0.3, -0.25) is 10.1 Å². The Morgan fingerprint density at radius 1 is 1.50 bits per heavy atom. The maximum atomic E-state index is 10.8. The minimum absolute atomic E-state index is 0.149. The predicted molar refractivity (Wildman–Crippen MR) is 52.9 cm³/mol. The summed E-state index contributed by atoms with van der Waals surface area (Å²) in [5.41, 5.74) is 7.38. The lowest BCUT2D eigenvalue weighted by Crippen LogP contribution is -2.20. The van der Waals surface area contributed by atoms with Gasteiger partial charge in [-0.25, -0.2) is 0 Å². The summed E-state index contributed by atoms with van der Waals surface area (Å²) in [5, 5.41) is 10.8. The molecule has 14 heavy (non-hydrogen) atoms. The molecule has 1 aromatic carbocycles. The van der Waals surface area contributed by atoms with Crippen molar-refractivity contribution in [1.29, 1.82) is 0 Å². The van der Waals surface area contributed by atoms with E-state index in [0.29, 0.717) is 5.56 Å². The Labute approximate surface area is 81.9 Å². The Hall–Kier alpha value is -1.42. The molecule has 1 saturated carbocycles. The second-order valence-corrected chi connectivity index (χ2v) is 3.93. The molecule has 2 rings (SSSR count). The van der Waals surface area contributed by atoms with Crippen LogP contribution in [-0.2, 0) is 5.54 Å². The Morgan fingerprint density at radius 2 is 2.14 bits per heavy atom. The van der Waals surface area contributed by atoms with Crippen molar-refractivity contribution < 1.29 is 4.92 Å². The lowest BCUT2D eigenvalue weighted by atomic mass is 10.0. The van der Waals surface area contributed by atoms with Gasteiger partial charge < -0.3 is 5.73 Å². The minimum atomic E-state index is -0.436. The Balaban J connectivity index is 2.54. The highest BCUT2D eigenvalue weighted by Gasteiger charge is 2.44. The lowest BCUT2D eigenvalue weighted by molar-refractivity contribution is -0.385. The second-order valence-electron chi connectivity index (χ2n) is 3.93. The smallest absolute Gasteiger partial charge is 0.274 e. The van der Waals surface area contributed by atoms with Crippen LogP contribution in [0.3, 0.4) is 0 Å². The van der Waals surface area contributed by atoms with Gasteiger partial charge in [0.1, 0.15) is 0 Å². The maximum Gasteiger partial charge on any atom is 0.274 e. The minimum Gasteiger partial charge on any atom is -0.321 e. The number of aryl methyl sites for hydroxylation is 1. The van der Waals surface area contributed by atoms with Crippen molar-refractivity contribution in [3.05, 3.63) is 39.4 Å². The van der Waals surface area contributed by atoms with E-state index in [1.54, 1.807) is 6.07 Å². The number of nitrogens with zero attached hydrogens (tertiary/aromatic N) is 1. The first kappa shape index (κ1) is 9.15. The molecule has 2 N–H and O–H groups in total. The first-order chi connectivity index (χ1) is 6.53. The van der Waals surface area contributed by atoms with Gasteiger partial charge in [0.2, 0.25) is 0 Å². The molecular weight excluding hydrogens is 180 g/mol. The molecular formula is C10H12N2O2. The number of nitro groups is 1. The van der Waals surface area contributed by atoms with Crippen molar-refractivity contribution in [1.82, 2.24) is 0 Å². The number of hydrogen-bond donors (Lipinski definition) is 1. The fourth-order valence-electron chi connectivity index (χ4n) is 1.61. The summed E-state index contributed by atoms with van der Waals surface area (Å²) in [4.78, 5) is 10.4. The van der Waals surface area contributed by atoms with Gasteiger partial charge in [0.15, 0.2) is 0 Å². The zero-order valence-corrected chi connectivity index (χ0v) is 7.99. The lowest BCUT2D eigenvalue weighted by Gasteiger charge is -2.10. The van der Waals surface area contributed by atoms with Crippen LogP contribution in [0.5, 0.6) is 0 Å². The summed E-state index contributed by atoms with van der Waals surface area (Å²) in [7, 11) is 0. The van der Waals surface area contributed by atoms with Crippen LogP contribution in [0.1, 0.15) is 24.0 Å². The van der Waals surface area contributed by atoms with Crippen molar-refractivity contribution >= 4 is 5.69 Å². The number of nitro benzene ring substituents is 1. The Kier molecular flexibility index (Phi) is 1.82. The van der Waals surface area contributed by atoms with Gasteiger partial charge in [-0.15, -0.1) is 0 Å². The molecule has 0 amide bonds. The molecule has 0 spiro atoms. The number of nitrogens with two attached hydrogens (primary N) is 1. The molecule has 0 unspecified atom stereocenters. The monoisotopic (exact) mass is 192 g/mol. The summed E-state index contributed by atoms with van der Waals surface area (Å²) in [6, 6.07) is 5.11. The molecule has 1 aromatic rings. The van der Waals surface area contributed by atoms with Crippen LogP contribution in [0.15, 0.2) is 18.2 Å². The largest absolute Gasteiger partial charge is 0.321 e. The maximum absolute atomic E-state index is 10.8. The topological polar surface area (TPSA) is 69.2 Å². The van der Waals surface area contributed by atoms with Crippen molar-refractivity contribution in [3.8, 4) is 0 Å². The van der Waals surface area contributed by atoms with Gasteiger partial charge in [0, 0.05) is 17.2 Å². The van der Waals surface area contributed by atoms with Crippen LogP contribution in [0.4, 0.5) is 5.69 Å². The molecule has 0 aliphatic heterocycles. The summed E-state index contributed by atoms with van der Waals surface area (Å²) in [6.45, 7) is 1.92. The molecule has 1 aliphatic rings. The molecule has 0 bridgehead atoms. The highest BCUT2D eigenvalue weighted by molar-refractivity contribution is 5.49. The first-order valence-corrected chi connectivity index (χ1v) is 4.57. The van der Waals surface area contributed by atoms with Gasteiger partial charge in [0.25, 0.3) is 5.69 Å². The average Bonchev–Trinajstić information content (AvgIpc) is 2.84. The molecule has 1 aliphatic carbocycles. The number of hydrogen-bond acceptors (Lipinski definition) is 3. The van der Waals surface area contributed by atoms with E-state index < -0.39 is 5.54 Å². The van der Waals surface area contributed by atoms with Gasteiger partial charge in [-0.1, -0.05) is 11.6 Å². The van der Waals surface area contributed by atoms with Crippen LogP contribution in [0, 0.1) is 17.0 Å². The Morgan fingerprint density at radius 3 is 2.64 bits per heavy atom. The molecule has 74 valence electrons. The van der Waals surface area contributed by atoms with E-state index in [0.717, 1.165) is 18.4 Å². The van der Waals surface area contributed by atoms with E-state index in [1.807, 2.05) is 13.0 Å². The quantitative estimate of drug-likeness (QED) is 0.574. The molecule has 1 fully saturated rings. The van der Waals surface area contributed by atoms with E-state index in [-0.39, 0.29) is 10.6 Å². The number of benzene rings is 1. The SMILES string of the molecule is Cc1ccc([N+](=O)[O-])c(C2(N)CC2)c1. The standard InChI is InChI=1S/C10H12N2O2/c1-7-2-3-9(12(13)14)8(6-7)10(11)4-5-10/h2-3,6H,4-5,11H2,1H3. The summed E-state index contributed by atoms with van der Waals surface area (Å²) in [6.07, 6.45) is 1.69. The number of rotatable bonds is 2. The predicted octanol–water partition coefficient (Wildman–Crippen LogP) is 1.85. The fraction of sp³-hybridized carbons (Fsp3) is 0.400. The molecule has 0 saturated heterocycles. The average molecular weight is 192 g/mol. The van der Waals surface area contributed by atoms with Crippen LogP contribution in [0.2, 0.25) is 0 Å². The second kappa shape index (κ2) is 2.78. The summed E-state index contributed by atoms with van der Waals surface area (Å²) in [5.74, 6) is 0. The van der Waals surface area contributed by atoms with Crippen LogP contribution >= 0.6 is 0 Å². The first-order valence-electron chi connectivity index (χ1n) is 4.57. The summed E-state index contributed by atoms with van der Waals surface area (Å²) >= 11 is 0. The summed E-state index contributed by atoms with van der Waals surface area (Å²) < 4.78 is 0. The Bertz CT molecular complexity index is 397. The molecule has 0 heterocycles. The molecule has 0 atom stereocenters. The molecule has 0 aromatic heterocycles. The van der Waals surface area contributed by atoms with Crippen molar-refractivity contribution in [2.24, 2.45) is 5.73 Å². The van der Waals surface area contributed by atoms with E-state index in [9.17, 15) is 10.1 Å². The van der Waals surface area contributed by atoms with Gasteiger partial charge >= 0.3 is 0 Å². The van der Waals surface area contributed by atoms with E-state index in [1.165, 1.54) is 6.07 Å². The molecule has 0 radical (unpaired) electrons. The normalized spacial score (nSPS) is 17.9. The molecule has 4 nitrogen and oxygen atoms in total. The van der Waals surface area contributed by atoms with Crippen molar-refractivity contribution in [2.45, 2.75) is 25.3 Å². The van der Waals surface area contributed by atoms with Gasteiger partial charge in [-0.2, -0.15) is 0 Å². The third-order valence-electron chi connectivity index (χ3n) is 2.67. The highest BCUT2D eigenvalue weighted by atomic mass is 16.6.